The second-order valence-electron chi connectivity index (χ2n) is 7.41. The zero-order valence-electron chi connectivity index (χ0n) is 16.9. The summed E-state index contributed by atoms with van der Waals surface area (Å²) >= 11 is 0. The standard InChI is InChI=1S/C24H24N4O2/c1-18-12-13-25-22(16-18)26-23(29)20-8-10-21(11-9-20)28-15-5-14-27(24(28)30)17-19-6-3-2-4-7-19/h2-4,6-13,16H,5,14-15,17H2,1H3,(H,25,26,29). The van der Waals surface area contributed by atoms with Crippen LogP contribution in [0.5, 0.6) is 0 Å². The molecule has 2 heterocycles. The monoisotopic (exact) mass is 400 g/mol. The number of pyridine rings is 1. The third-order valence-corrected chi connectivity index (χ3v) is 5.13. The fraction of sp³-hybridized carbons (Fsp3) is 0.208. The molecule has 2 aromatic carbocycles. The van der Waals surface area contributed by atoms with Gasteiger partial charge in [-0.2, -0.15) is 0 Å². The van der Waals surface area contributed by atoms with Crippen molar-refractivity contribution < 1.29 is 9.59 Å². The topological polar surface area (TPSA) is 65.5 Å². The van der Waals surface area contributed by atoms with Crippen LogP contribution in [0.2, 0.25) is 0 Å². The summed E-state index contributed by atoms with van der Waals surface area (Å²) in [6, 6.07) is 20.8. The molecule has 1 saturated heterocycles. The largest absolute Gasteiger partial charge is 0.324 e. The van der Waals surface area contributed by atoms with Crippen LogP contribution >= 0.6 is 0 Å². The summed E-state index contributed by atoms with van der Waals surface area (Å²) in [7, 11) is 0. The molecule has 0 unspecified atom stereocenters. The smallest absolute Gasteiger partial charge is 0.320 e. The van der Waals surface area contributed by atoms with Gasteiger partial charge in [0.25, 0.3) is 5.91 Å². The Morgan fingerprint density at radius 3 is 2.53 bits per heavy atom. The van der Waals surface area contributed by atoms with Gasteiger partial charge in [-0.15, -0.1) is 0 Å². The first kappa shape index (κ1) is 19.6. The van der Waals surface area contributed by atoms with E-state index in [2.05, 4.69) is 10.3 Å². The molecule has 6 heteroatoms. The molecule has 1 aromatic heterocycles. The lowest BCUT2D eigenvalue weighted by molar-refractivity contribution is 0.102. The van der Waals surface area contributed by atoms with Gasteiger partial charge in [-0.05, 0) is 60.9 Å². The zero-order chi connectivity index (χ0) is 20.9. The van der Waals surface area contributed by atoms with Crippen molar-refractivity contribution in [3.8, 4) is 0 Å². The molecule has 6 nitrogen and oxygen atoms in total. The zero-order valence-corrected chi connectivity index (χ0v) is 16.9. The van der Waals surface area contributed by atoms with E-state index >= 15 is 0 Å². The molecule has 152 valence electrons. The van der Waals surface area contributed by atoms with Crippen LogP contribution in [0.15, 0.2) is 72.9 Å². The number of urea groups is 1. The lowest BCUT2D eigenvalue weighted by Crippen LogP contribution is -2.49. The summed E-state index contributed by atoms with van der Waals surface area (Å²) in [6.07, 6.45) is 2.57. The van der Waals surface area contributed by atoms with Crippen molar-refractivity contribution in [3.05, 3.63) is 89.6 Å². The molecule has 1 aliphatic heterocycles. The van der Waals surface area contributed by atoms with Gasteiger partial charge >= 0.3 is 6.03 Å². The third kappa shape index (κ3) is 4.49. The van der Waals surface area contributed by atoms with Crippen LogP contribution in [0, 0.1) is 6.92 Å². The Bertz CT molecular complexity index is 1030. The predicted molar refractivity (Wildman–Crippen MR) is 118 cm³/mol. The van der Waals surface area contributed by atoms with Crippen molar-refractivity contribution >= 4 is 23.4 Å². The summed E-state index contributed by atoms with van der Waals surface area (Å²) < 4.78 is 0. The van der Waals surface area contributed by atoms with Gasteiger partial charge < -0.3 is 10.2 Å². The van der Waals surface area contributed by atoms with Crippen LogP contribution in [0.25, 0.3) is 0 Å². The second-order valence-corrected chi connectivity index (χ2v) is 7.41. The maximum atomic E-state index is 13.0. The first-order valence-electron chi connectivity index (χ1n) is 10.0. The summed E-state index contributed by atoms with van der Waals surface area (Å²) in [4.78, 5) is 33.3. The molecule has 3 aromatic rings. The molecule has 30 heavy (non-hydrogen) atoms. The van der Waals surface area contributed by atoms with Gasteiger partial charge in [-0.3, -0.25) is 9.69 Å². The molecule has 1 N–H and O–H groups in total. The molecule has 1 aliphatic rings. The fourth-order valence-corrected chi connectivity index (χ4v) is 3.56. The Kier molecular flexibility index (Phi) is 5.75. The van der Waals surface area contributed by atoms with E-state index in [0.29, 0.717) is 24.5 Å². The Hall–Kier alpha value is -3.67. The van der Waals surface area contributed by atoms with Crippen molar-refractivity contribution in [3.63, 3.8) is 0 Å². The number of aryl methyl sites for hydroxylation is 1. The molecule has 0 aliphatic carbocycles. The first-order chi connectivity index (χ1) is 14.6. The highest BCUT2D eigenvalue weighted by Crippen LogP contribution is 2.22. The van der Waals surface area contributed by atoms with E-state index in [1.807, 2.05) is 66.4 Å². The summed E-state index contributed by atoms with van der Waals surface area (Å²) in [6.45, 7) is 3.96. The van der Waals surface area contributed by atoms with Gasteiger partial charge in [-0.25, -0.2) is 9.78 Å². The van der Waals surface area contributed by atoms with Crippen LogP contribution in [-0.4, -0.2) is 34.9 Å². The number of amides is 3. The molecular weight excluding hydrogens is 376 g/mol. The average molecular weight is 400 g/mol. The van der Waals surface area contributed by atoms with Gasteiger partial charge in [0.2, 0.25) is 0 Å². The molecule has 0 saturated carbocycles. The molecule has 1 fully saturated rings. The Morgan fingerprint density at radius 2 is 1.80 bits per heavy atom. The normalized spacial score (nSPS) is 14.0. The number of rotatable bonds is 5. The molecule has 0 bridgehead atoms. The van der Waals surface area contributed by atoms with E-state index in [1.165, 1.54) is 0 Å². The minimum absolute atomic E-state index is 0.00809. The number of benzene rings is 2. The number of hydrogen-bond donors (Lipinski definition) is 1. The minimum Gasteiger partial charge on any atom is -0.320 e. The molecule has 0 atom stereocenters. The van der Waals surface area contributed by atoms with E-state index in [4.69, 9.17) is 0 Å². The Balaban J connectivity index is 1.44. The highest BCUT2D eigenvalue weighted by atomic mass is 16.2. The van der Waals surface area contributed by atoms with E-state index in [9.17, 15) is 9.59 Å². The highest BCUT2D eigenvalue weighted by Gasteiger charge is 2.26. The fourth-order valence-electron chi connectivity index (χ4n) is 3.56. The van der Waals surface area contributed by atoms with Crippen LogP contribution in [-0.2, 0) is 6.54 Å². The van der Waals surface area contributed by atoms with Crippen molar-refractivity contribution in [2.24, 2.45) is 0 Å². The van der Waals surface area contributed by atoms with Gasteiger partial charge in [-0.1, -0.05) is 30.3 Å². The van der Waals surface area contributed by atoms with E-state index < -0.39 is 0 Å². The first-order valence-corrected chi connectivity index (χ1v) is 10.0. The third-order valence-electron chi connectivity index (χ3n) is 5.13. The average Bonchev–Trinajstić information content (AvgIpc) is 2.76. The number of carbonyl (C=O) groups excluding carboxylic acids is 2. The molecule has 0 radical (unpaired) electrons. The Labute approximate surface area is 176 Å². The van der Waals surface area contributed by atoms with Crippen LogP contribution in [0.1, 0.15) is 27.9 Å². The predicted octanol–water partition coefficient (Wildman–Crippen LogP) is 4.47. The molecular formula is C24H24N4O2. The van der Waals surface area contributed by atoms with E-state index in [-0.39, 0.29) is 11.9 Å². The number of nitrogens with one attached hydrogen (secondary N) is 1. The number of aromatic nitrogens is 1. The lowest BCUT2D eigenvalue weighted by atomic mass is 10.1. The number of carbonyl (C=O) groups is 2. The number of hydrogen-bond acceptors (Lipinski definition) is 3. The van der Waals surface area contributed by atoms with Gasteiger partial charge in [0.15, 0.2) is 0 Å². The van der Waals surface area contributed by atoms with Crippen molar-refractivity contribution in [2.45, 2.75) is 19.9 Å². The van der Waals surface area contributed by atoms with Crippen LogP contribution < -0.4 is 10.2 Å². The van der Waals surface area contributed by atoms with Gasteiger partial charge in [0, 0.05) is 37.1 Å². The van der Waals surface area contributed by atoms with Crippen molar-refractivity contribution in [1.82, 2.24) is 9.88 Å². The maximum absolute atomic E-state index is 13.0. The van der Waals surface area contributed by atoms with E-state index in [0.717, 1.165) is 29.8 Å². The van der Waals surface area contributed by atoms with Crippen LogP contribution in [0.3, 0.4) is 0 Å². The Morgan fingerprint density at radius 1 is 1.03 bits per heavy atom. The molecule has 4 rings (SSSR count). The highest BCUT2D eigenvalue weighted by molar-refractivity contribution is 6.04. The van der Waals surface area contributed by atoms with Crippen LogP contribution in [0.4, 0.5) is 16.3 Å². The summed E-state index contributed by atoms with van der Waals surface area (Å²) in [5.74, 6) is 0.294. The molecule has 0 spiro atoms. The van der Waals surface area contributed by atoms with Gasteiger partial charge in [0.1, 0.15) is 5.82 Å². The van der Waals surface area contributed by atoms with Crippen molar-refractivity contribution in [1.29, 1.82) is 0 Å². The van der Waals surface area contributed by atoms with Gasteiger partial charge in [0.05, 0.1) is 0 Å². The lowest BCUT2D eigenvalue weighted by Gasteiger charge is -2.35. The minimum atomic E-state index is -0.227. The number of nitrogens with zero attached hydrogens (tertiary/aromatic N) is 3. The van der Waals surface area contributed by atoms with E-state index in [1.54, 1.807) is 23.2 Å². The molecule has 3 amide bonds. The quantitative estimate of drug-likeness (QED) is 0.687. The number of anilines is 2. The summed E-state index contributed by atoms with van der Waals surface area (Å²) in [5, 5.41) is 2.80. The SMILES string of the molecule is Cc1ccnc(NC(=O)c2ccc(N3CCCN(Cc4ccccc4)C3=O)cc2)c1. The van der Waals surface area contributed by atoms with Crippen molar-refractivity contribution in [2.75, 3.05) is 23.3 Å². The summed E-state index contributed by atoms with van der Waals surface area (Å²) in [5.41, 5.74) is 3.46. The maximum Gasteiger partial charge on any atom is 0.324 e. The second kappa shape index (κ2) is 8.78.